The summed E-state index contributed by atoms with van der Waals surface area (Å²) in [6.45, 7) is 4.46. The topological polar surface area (TPSA) is 72.7 Å². The van der Waals surface area contributed by atoms with Gasteiger partial charge in [0.25, 0.3) is 5.91 Å². The number of nitrogens with zero attached hydrogens (tertiary/aromatic N) is 5. The summed E-state index contributed by atoms with van der Waals surface area (Å²) in [5.41, 5.74) is 4.61. The molecule has 44 heavy (non-hydrogen) atoms. The Morgan fingerprint density at radius 1 is 1.23 bits per heavy atom. The zero-order valence-corrected chi connectivity index (χ0v) is 25.5. The monoisotopic (exact) mass is 583 g/mol. The van der Waals surface area contributed by atoms with Crippen LogP contribution in [0.3, 0.4) is 0 Å². The average molecular weight is 583 g/mol. The molecular formula is C33H36B3N5O3. The van der Waals surface area contributed by atoms with E-state index in [1.807, 2.05) is 35.9 Å². The van der Waals surface area contributed by atoms with Gasteiger partial charge in [-0.25, -0.2) is 0 Å². The van der Waals surface area contributed by atoms with Crippen molar-refractivity contribution in [3.05, 3.63) is 76.4 Å². The third-order valence-electron chi connectivity index (χ3n) is 9.38. The van der Waals surface area contributed by atoms with Gasteiger partial charge in [-0.2, -0.15) is 0 Å². The summed E-state index contributed by atoms with van der Waals surface area (Å²) in [4.78, 5) is 18.2. The van der Waals surface area contributed by atoms with E-state index in [1.165, 1.54) is 0 Å². The average Bonchev–Trinajstić information content (AvgIpc) is 3.44. The van der Waals surface area contributed by atoms with Crippen molar-refractivity contribution < 1.29 is 14.3 Å². The molecule has 8 nitrogen and oxygen atoms in total. The normalized spacial score (nSPS) is 24.0. The van der Waals surface area contributed by atoms with Crippen molar-refractivity contribution in [1.82, 2.24) is 19.7 Å². The lowest BCUT2D eigenvalue weighted by atomic mass is 9.39. The predicted octanol–water partition coefficient (Wildman–Crippen LogP) is 2.21. The van der Waals surface area contributed by atoms with Crippen LogP contribution in [0.5, 0.6) is 0 Å². The number of ether oxygens (including phenoxy) is 2. The van der Waals surface area contributed by atoms with E-state index in [1.54, 1.807) is 18.3 Å². The molecule has 1 unspecified atom stereocenters. The number of hydrogen-bond acceptors (Lipinski definition) is 6. The van der Waals surface area contributed by atoms with Crippen LogP contribution in [0.1, 0.15) is 51.3 Å². The molecule has 2 aromatic carbocycles. The molecule has 3 aliphatic rings. The first-order valence-electron chi connectivity index (χ1n) is 15.1. The Kier molecular flexibility index (Phi) is 8.53. The van der Waals surface area contributed by atoms with Crippen molar-refractivity contribution in [1.29, 1.82) is 0 Å². The number of carbonyl (C=O) groups excluding carboxylic acids is 1. The molecule has 6 rings (SSSR count). The van der Waals surface area contributed by atoms with Crippen LogP contribution in [0.15, 0.2) is 42.7 Å². The summed E-state index contributed by atoms with van der Waals surface area (Å²) >= 11 is 0. The number of aromatic nitrogens is 3. The largest absolute Gasteiger partial charge is 0.384 e. The summed E-state index contributed by atoms with van der Waals surface area (Å²) in [7, 11) is 22.6. The fourth-order valence-electron chi connectivity index (χ4n) is 7.10. The molecular weight excluding hydrogens is 547 g/mol. The number of hydrogen-bond donors (Lipinski definition) is 0. The summed E-state index contributed by atoms with van der Waals surface area (Å²) in [5.74, 6) is 4.19. The van der Waals surface area contributed by atoms with Crippen molar-refractivity contribution >= 4 is 35.1 Å². The van der Waals surface area contributed by atoms with Crippen LogP contribution in [0, 0.1) is 24.2 Å². The fourth-order valence-corrected chi connectivity index (χ4v) is 7.10. The summed E-state index contributed by atoms with van der Waals surface area (Å²) in [5, 5.41) is 6.81. The van der Waals surface area contributed by atoms with Gasteiger partial charge < -0.3 is 18.9 Å². The summed E-state index contributed by atoms with van der Waals surface area (Å²) < 4.78 is 13.1. The Bertz CT molecular complexity index is 1570. The smallest absolute Gasteiger partial charge is 0.258 e. The molecule has 1 saturated heterocycles. The first-order chi connectivity index (χ1) is 21.1. The molecule has 0 spiro atoms. The summed E-state index contributed by atoms with van der Waals surface area (Å²) in [6.07, 6.45) is 9.94. The first kappa shape index (κ1) is 30.7. The second kappa shape index (κ2) is 12.2. The predicted molar refractivity (Wildman–Crippen MR) is 172 cm³/mol. The van der Waals surface area contributed by atoms with Crippen molar-refractivity contribution in [2.24, 2.45) is 18.9 Å². The quantitative estimate of drug-likeness (QED) is 0.285. The van der Waals surface area contributed by atoms with Gasteiger partial charge in [0.1, 0.15) is 12.2 Å². The van der Waals surface area contributed by atoms with Gasteiger partial charge in [0, 0.05) is 68.7 Å². The Hall–Kier alpha value is -3.32. The number of carbonyl (C=O) groups is 1. The minimum Gasteiger partial charge on any atom is -0.384 e. The maximum atomic E-state index is 14.1. The molecule has 0 N–H and O–H groups in total. The molecule has 3 aromatic rings. The molecule has 220 valence electrons. The number of rotatable bonds is 9. The maximum Gasteiger partial charge on any atom is 0.258 e. The minimum atomic E-state index is -1.60. The van der Waals surface area contributed by atoms with Gasteiger partial charge in [-0.15, -0.1) is 27.7 Å². The number of methoxy groups -OCH3 is 1. The third-order valence-corrected chi connectivity index (χ3v) is 9.38. The fraction of sp³-hybridized carbons (Fsp3) is 0.485. The van der Waals surface area contributed by atoms with E-state index < -0.39 is 5.11 Å². The van der Waals surface area contributed by atoms with Crippen LogP contribution in [-0.4, -0.2) is 89.1 Å². The molecule has 1 atom stereocenters. The van der Waals surface area contributed by atoms with E-state index in [-0.39, 0.29) is 23.2 Å². The highest BCUT2D eigenvalue weighted by Crippen LogP contribution is 2.50. The Morgan fingerprint density at radius 3 is 2.75 bits per heavy atom. The molecule has 1 saturated carbocycles. The van der Waals surface area contributed by atoms with Gasteiger partial charge in [0.05, 0.1) is 49.9 Å². The van der Waals surface area contributed by atoms with E-state index in [9.17, 15) is 4.79 Å². The Labute approximate surface area is 264 Å². The minimum absolute atomic E-state index is 0.0987. The van der Waals surface area contributed by atoms with E-state index in [2.05, 4.69) is 33.2 Å². The lowest BCUT2D eigenvalue weighted by molar-refractivity contribution is 0.0762. The standard InChI is InChI=1S/C33H36B3N5O3/c1-4-22-13-32(14-22,15-30-38-37-21-39(30)2)25-6-5-7-26(12-25)41-18-28-27(31(41)42)10-23(11-29(28)33(34,35)36)16-40-8-9-44-20-24(17-40)19-43-3/h1,5-7,10-12,21-22,24H,8-9,13-20H2,2-3H3. The molecule has 1 aliphatic carbocycles. The third kappa shape index (κ3) is 6.00. The van der Waals surface area contributed by atoms with Gasteiger partial charge in [0.2, 0.25) is 0 Å². The number of fused-ring (bicyclic) bond motifs is 1. The lowest BCUT2D eigenvalue weighted by Crippen LogP contribution is -2.43. The number of benzene rings is 2. The van der Waals surface area contributed by atoms with Crippen molar-refractivity contribution in [3.8, 4) is 12.3 Å². The van der Waals surface area contributed by atoms with Crippen LogP contribution < -0.4 is 4.90 Å². The SMILES string of the molecule is [B]C([B])([B])c1cc(CN2CCOCC(COC)C2)cc2c1CN(c1cccc(C3(Cc4nncn4C)CC(C#C)C3)c1)C2=O. The van der Waals surface area contributed by atoms with Gasteiger partial charge in [-0.05, 0) is 47.7 Å². The molecule has 6 radical (unpaired) electrons. The maximum absolute atomic E-state index is 14.1. The molecule has 1 aromatic heterocycles. The van der Waals surface area contributed by atoms with E-state index in [0.29, 0.717) is 44.0 Å². The molecule has 2 aliphatic heterocycles. The van der Waals surface area contributed by atoms with Crippen LogP contribution in [-0.2, 0) is 46.6 Å². The van der Waals surface area contributed by atoms with Gasteiger partial charge in [0.15, 0.2) is 0 Å². The number of anilines is 1. The van der Waals surface area contributed by atoms with E-state index in [0.717, 1.165) is 60.6 Å². The molecule has 3 heterocycles. The Balaban J connectivity index is 1.30. The lowest BCUT2D eigenvalue weighted by Gasteiger charge is -2.46. The number of terminal acetylenes is 1. The van der Waals surface area contributed by atoms with E-state index >= 15 is 0 Å². The second-order valence-corrected chi connectivity index (χ2v) is 12.8. The van der Waals surface area contributed by atoms with Crippen LogP contribution in [0.25, 0.3) is 0 Å². The van der Waals surface area contributed by atoms with Crippen LogP contribution in [0.2, 0.25) is 0 Å². The van der Waals surface area contributed by atoms with Crippen molar-refractivity contribution in [2.45, 2.75) is 42.9 Å². The first-order valence-corrected chi connectivity index (χ1v) is 15.1. The molecule has 0 bridgehead atoms. The molecule has 1 amide bonds. The zero-order chi connectivity index (χ0) is 31.1. The van der Waals surface area contributed by atoms with Gasteiger partial charge in [-0.3, -0.25) is 9.69 Å². The van der Waals surface area contributed by atoms with Crippen molar-refractivity contribution in [3.63, 3.8) is 0 Å². The van der Waals surface area contributed by atoms with Crippen molar-refractivity contribution in [2.75, 3.05) is 44.9 Å². The van der Waals surface area contributed by atoms with Crippen LogP contribution in [0.4, 0.5) is 5.69 Å². The number of amides is 1. The Morgan fingerprint density at radius 2 is 2.05 bits per heavy atom. The highest BCUT2D eigenvalue weighted by atomic mass is 16.5. The van der Waals surface area contributed by atoms with E-state index in [4.69, 9.17) is 39.4 Å². The molecule has 2 fully saturated rings. The van der Waals surface area contributed by atoms with Gasteiger partial charge >= 0.3 is 0 Å². The highest BCUT2D eigenvalue weighted by molar-refractivity contribution is 6.59. The van der Waals surface area contributed by atoms with Crippen LogP contribution >= 0.6 is 0 Å². The molecule has 11 heteroatoms. The van der Waals surface area contributed by atoms with Gasteiger partial charge in [-0.1, -0.05) is 23.8 Å². The number of aryl methyl sites for hydroxylation is 1. The second-order valence-electron chi connectivity index (χ2n) is 12.8. The summed E-state index contributed by atoms with van der Waals surface area (Å²) in [6, 6.07) is 12.1. The zero-order valence-electron chi connectivity index (χ0n) is 25.5. The highest BCUT2D eigenvalue weighted by Gasteiger charge is 2.46.